The van der Waals surface area contributed by atoms with Crippen molar-refractivity contribution in [1.82, 2.24) is 5.06 Å². The number of amides is 1. The smallest absolute Gasteiger partial charge is 0.251 e. The van der Waals surface area contributed by atoms with Gasteiger partial charge in [0.15, 0.2) is 0 Å². The lowest BCUT2D eigenvalue weighted by Gasteiger charge is -2.72. The molecule has 210 valence electrons. The van der Waals surface area contributed by atoms with Crippen molar-refractivity contribution in [3.8, 4) is 0 Å². The Bertz CT molecular complexity index is 978. The van der Waals surface area contributed by atoms with Crippen molar-refractivity contribution < 1.29 is 19.5 Å². The molecule has 0 radical (unpaired) electrons. The van der Waals surface area contributed by atoms with E-state index < -0.39 is 5.41 Å². The highest BCUT2D eigenvalue weighted by atomic mass is 16.7. The Kier molecular flexibility index (Phi) is 6.19. The van der Waals surface area contributed by atoms with Gasteiger partial charge in [-0.3, -0.25) is 14.4 Å². The van der Waals surface area contributed by atoms with Crippen LogP contribution in [0.25, 0.3) is 0 Å². The molecule has 0 saturated heterocycles. The second kappa shape index (κ2) is 8.29. The third-order valence-electron chi connectivity index (χ3n) is 14.2. The van der Waals surface area contributed by atoms with Crippen molar-refractivity contribution in [3.05, 3.63) is 0 Å². The molecule has 10 atom stereocenters. The van der Waals surface area contributed by atoms with Crippen LogP contribution in [0, 0.1) is 56.2 Å². The lowest BCUT2D eigenvalue weighted by Crippen LogP contribution is -2.69. The van der Waals surface area contributed by atoms with Gasteiger partial charge in [0.05, 0.1) is 13.2 Å². The number of rotatable bonds is 2. The Balaban J connectivity index is 1.53. The van der Waals surface area contributed by atoms with Gasteiger partial charge < -0.3 is 5.11 Å². The highest BCUT2D eigenvalue weighted by Gasteiger charge is 2.72. The van der Waals surface area contributed by atoms with Gasteiger partial charge in [-0.1, -0.05) is 48.5 Å². The number of aliphatic hydroxyl groups excluding tert-OH is 1. The van der Waals surface area contributed by atoms with Gasteiger partial charge in [0.1, 0.15) is 5.78 Å². The van der Waals surface area contributed by atoms with Crippen LogP contribution in [0.5, 0.6) is 0 Å². The van der Waals surface area contributed by atoms with Gasteiger partial charge in [-0.2, -0.15) is 0 Å². The van der Waals surface area contributed by atoms with E-state index in [1.807, 2.05) is 0 Å². The molecule has 0 heterocycles. The summed E-state index contributed by atoms with van der Waals surface area (Å²) in [7, 11) is 3.29. The highest BCUT2D eigenvalue weighted by Crippen LogP contribution is 2.76. The third kappa shape index (κ3) is 3.47. The van der Waals surface area contributed by atoms with Crippen LogP contribution in [-0.4, -0.2) is 42.1 Å². The monoisotopic (exact) mass is 515 g/mol. The third-order valence-corrected chi connectivity index (χ3v) is 14.2. The molecule has 1 amide bonds. The fourth-order valence-electron chi connectivity index (χ4n) is 11.5. The standard InChI is InChI=1S/C32H53NO4/c1-27(2)23-10-13-32(7)25(30(23,5)12-11-24(27)35)22(34)18-20-21-19-29(4,26(36)33(8)37-9)15-14-28(21,3)16-17-31(20,32)6/h20-21,23-25,35H,10-19H2,1-9H3/t20-,21-,23?,24+,25-,28-,29+,30+,31-,32-/m1/s1. The Hall–Kier alpha value is -0.940. The number of nitrogens with zero attached hydrogens (tertiary/aromatic N) is 1. The summed E-state index contributed by atoms with van der Waals surface area (Å²) < 4.78 is 0. The summed E-state index contributed by atoms with van der Waals surface area (Å²) in [4.78, 5) is 33.2. The van der Waals surface area contributed by atoms with Crippen molar-refractivity contribution >= 4 is 11.7 Å². The molecule has 1 N–H and O–H groups in total. The number of carbonyl (C=O) groups excluding carboxylic acids is 2. The van der Waals surface area contributed by atoms with E-state index in [0.717, 1.165) is 44.9 Å². The van der Waals surface area contributed by atoms with E-state index in [2.05, 4.69) is 48.5 Å². The number of hydrogen-bond donors (Lipinski definition) is 1. The predicted octanol–water partition coefficient (Wildman–Crippen LogP) is 6.43. The summed E-state index contributed by atoms with van der Waals surface area (Å²) in [6, 6.07) is 0. The number of ketones is 1. The molecule has 1 unspecified atom stereocenters. The maximum absolute atomic E-state index is 14.5. The summed E-state index contributed by atoms with van der Waals surface area (Å²) in [6.07, 6.45) is 9.45. The minimum atomic E-state index is -0.443. The average Bonchev–Trinajstić information content (AvgIpc) is 2.83. The van der Waals surface area contributed by atoms with E-state index in [-0.39, 0.29) is 45.0 Å². The summed E-state index contributed by atoms with van der Waals surface area (Å²) in [6.45, 7) is 16.5. The maximum atomic E-state index is 14.5. The fraction of sp³-hybridized carbons (Fsp3) is 0.938. The van der Waals surface area contributed by atoms with Crippen LogP contribution in [0.2, 0.25) is 0 Å². The summed E-state index contributed by atoms with van der Waals surface area (Å²) >= 11 is 0. The molecule has 5 rings (SSSR count). The van der Waals surface area contributed by atoms with E-state index in [1.165, 1.54) is 17.9 Å². The fourth-order valence-corrected chi connectivity index (χ4v) is 11.5. The zero-order chi connectivity index (χ0) is 27.4. The van der Waals surface area contributed by atoms with Gasteiger partial charge in [-0.15, -0.1) is 0 Å². The minimum absolute atomic E-state index is 0.0425. The minimum Gasteiger partial charge on any atom is -0.393 e. The zero-order valence-corrected chi connectivity index (χ0v) is 25.1. The normalized spacial score (nSPS) is 52.8. The lowest BCUT2D eigenvalue weighted by molar-refractivity contribution is -0.243. The predicted molar refractivity (Wildman–Crippen MR) is 145 cm³/mol. The highest BCUT2D eigenvalue weighted by molar-refractivity contribution is 5.85. The number of hydrogen-bond acceptors (Lipinski definition) is 4. The van der Waals surface area contributed by atoms with Gasteiger partial charge in [0, 0.05) is 24.8 Å². The maximum Gasteiger partial charge on any atom is 0.251 e. The molecule has 5 heteroatoms. The molecule has 0 aromatic rings. The van der Waals surface area contributed by atoms with E-state index in [4.69, 9.17) is 4.84 Å². The molecule has 5 aliphatic carbocycles. The zero-order valence-electron chi connectivity index (χ0n) is 25.1. The Labute approximate surface area is 225 Å². The van der Waals surface area contributed by atoms with Gasteiger partial charge in [-0.05, 0) is 103 Å². The van der Waals surface area contributed by atoms with Crippen LogP contribution in [0.3, 0.4) is 0 Å². The Morgan fingerprint density at radius 1 is 0.892 bits per heavy atom. The van der Waals surface area contributed by atoms with Crippen molar-refractivity contribution in [3.63, 3.8) is 0 Å². The molecule has 5 fully saturated rings. The van der Waals surface area contributed by atoms with Crippen LogP contribution in [0.1, 0.15) is 113 Å². The largest absolute Gasteiger partial charge is 0.393 e. The van der Waals surface area contributed by atoms with Crippen molar-refractivity contribution in [2.45, 2.75) is 119 Å². The number of fused-ring (bicyclic) bond motifs is 7. The van der Waals surface area contributed by atoms with Crippen molar-refractivity contribution in [2.75, 3.05) is 14.2 Å². The number of hydroxylamine groups is 2. The molecule has 0 aromatic heterocycles. The molecule has 5 aliphatic rings. The molecule has 0 aliphatic heterocycles. The first-order valence-corrected chi connectivity index (χ1v) is 15.0. The first-order chi connectivity index (χ1) is 17.0. The van der Waals surface area contributed by atoms with E-state index in [1.54, 1.807) is 14.2 Å². The summed E-state index contributed by atoms with van der Waals surface area (Å²) in [5.41, 5.74) is -0.425. The Morgan fingerprint density at radius 2 is 1.54 bits per heavy atom. The SMILES string of the molecule is CON(C)C(=O)[C@@]1(C)CC[C@]2(C)CC[C@]3(C)[C@H](CC(=O)[C@@H]4[C@@]5(C)CC[C@H](O)C(C)(C)C5CC[C@]43C)[C@H]2C1. The Morgan fingerprint density at radius 3 is 2.19 bits per heavy atom. The molecular weight excluding hydrogens is 462 g/mol. The second-order valence-corrected chi connectivity index (χ2v) is 16.0. The second-order valence-electron chi connectivity index (χ2n) is 16.0. The first kappa shape index (κ1) is 27.6. The quantitative estimate of drug-likeness (QED) is 0.431. The molecule has 0 bridgehead atoms. The van der Waals surface area contributed by atoms with Gasteiger partial charge in [0.25, 0.3) is 5.91 Å². The summed E-state index contributed by atoms with van der Waals surface area (Å²) in [5, 5.41) is 12.4. The van der Waals surface area contributed by atoms with Crippen molar-refractivity contribution in [1.29, 1.82) is 0 Å². The molecule has 0 aromatic carbocycles. The molecule has 5 nitrogen and oxygen atoms in total. The van der Waals surface area contributed by atoms with E-state index in [0.29, 0.717) is 30.0 Å². The number of aliphatic hydroxyl groups is 1. The lowest BCUT2D eigenvalue weighted by atomic mass is 9.31. The van der Waals surface area contributed by atoms with Crippen LogP contribution < -0.4 is 0 Å². The average molecular weight is 516 g/mol. The van der Waals surface area contributed by atoms with Crippen LogP contribution >= 0.6 is 0 Å². The summed E-state index contributed by atoms with van der Waals surface area (Å²) in [5.74, 6) is 1.68. The van der Waals surface area contributed by atoms with Crippen molar-refractivity contribution in [2.24, 2.45) is 56.2 Å². The topological polar surface area (TPSA) is 66.8 Å². The van der Waals surface area contributed by atoms with Crippen LogP contribution in [0.15, 0.2) is 0 Å². The molecule has 5 saturated carbocycles. The van der Waals surface area contributed by atoms with Gasteiger partial charge >= 0.3 is 0 Å². The van der Waals surface area contributed by atoms with E-state index in [9.17, 15) is 14.7 Å². The molecular formula is C32H53NO4. The van der Waals surface area contributed by atoms with Crippen LogP contribution in [-0.2, 0) is 14.4 Å². The first-order valence-electron chi connectivity index (χ1n) is 15.0. The molecule has 37 heavy (non-hydrogen) atoms. The van der Waals surface area contributed by atoms with Crippen LogP contribution in [0.4, 0.5) is 0 Å². The van der Waals surface area contributed by atoms with Gasteiger partial charge in [-0.25, -0.2) is 5.06 Å². The number of carbonyl (C=O) groups is 2. The number of Topliss-reactive ketones (excluding diaryl/α,β-unsaturated/α-hetero) is 1. The van der Waals surface area contributed by atoms with E-state index >= 15 is 0 Å². The van der Waals surface area contributed by atoms with Gasteiger partial charge in [0.2, 0.25) is 0 Å². The molecule has 0 spiro atoms.